The molecule has 0 atom stereocenters. The monoisotopic (exact) mass is 517 g/mol. The summed E-state index contributed by atoms with van der Waals surface area (Å²) in [5.41, 5.74) is 12.3. The summed E-state index contributed by atoms with van der Waals surface area (Å²) < 4.78 is 31.9. The van der Waals surface area contributed by atoms with Crippen molar-refractivity contribution < 1.29 is 26.6 Å². The molecule has 0 saturated heterocycles. The Morgan fingerprint density at radius 3 is 1.65 bits per heavy atom. The van der Waals surface area contributed by atoms with E-state index in [1.807, 2.05) is 18.2 Å². The maximum atomic E-state index is 5.72. The van der Waals surface area contributed by atoms with Gasteiger partial charge >= 0.3 is 17.6 Å². The van der Waals surface area contributed by atoms with Crippen molar-refractivity contribution in [2.24, 2.45) is 11.5 Å². The second-order valence-corrected chi connectivity index (χ2v) is 13.7. The van der Waals surface area contributed by atoms with Crippen LogP contribution in [0, 0.1) is 0 Å². The number of nitrogens with zero attached hydrogens (tertiary/aromatic N) is 1. The number of hydrogen-bond donors (Lipinski definition) is 2. The van der Waals surface area contributed by atoms with E-state index in [4.69, 9.17) is 38.0 Å². The highest BCUT2D eigenvalue weighted by Gasteiger charge is 2.37. The zero-order valence-corrected chi connectivity index (χ0v) is 24.0. The van der Waals surface area contributed by atoms with Crippen molar-refractivity contribution in [3.8, 4) is 0 Å². The fourth-order valence-corrected chi connectivity index (χ4v) is 6.78. The smallest absolute Gasteiger partial charge is 0.377 e. The third-order valence-corrected chi connectivity index (χ3v) is 11.1. The summed E-state index contributed by atoms with van der Waals surface area (Å²) in [6.07, 6.45) is 6.16. The number of nitrogens with two attached hydrogens (primary N) is 2. The molecule has 0 aliphatic rings. The average molecular weight is 518 g/mol. The van der Waals surface area contributed by atoms with Gasteiger partial charge in [-0.2, -0.15) is 0 Å². The Kier molecular flexibility index (Phi) is 19.7. The third kappa shape index (κ3) is 13.2. The largest absolute Gasteiger partial charge is 0.500 e. The van der Waals surface area contributed by atoms with Crippen molar-refractivity contribution >= 4 is 23.7 Å². The Morgan fingerprint density at radius 1 is 0.706 bits per heavy atom. The highest BCUT2D eigenvalue weighted by molar-refractivity contribution is 6.60. The Morgan fingerprint density at radius 2 is 1.21 bits per heavy atom. The molecule has 0 fully saturated rings. The maximum Gasteiger partial charge on any atom is 0.500 e. The van der Waals surface area contributed by atoms with Gasteiger partial charge in [0.15, 0.2) is 0 Å². The minimum atomic E-state index is -2.47. The first-order chi connectivity index (χ1) is 16.4. The molecule has 11 heteroatoms. The second kappa shape index (κ2) is 20.2. The molecule has 1 aromatic carbocycles. The van der Waals surface area contributed by atoms with Crippen LogP contribution in [-0.2, 0) is 26.6 Å². The van der Waals surface area contributed by atoms with Gasteiger partial charge in [0.25, 0.3) is 0 Å². The molecule has 0 heterocycles. The summed E-state index contributed by atoms with van der Waals surface area (Å²) in [6, 6.07) is 11.9. The van der Waals surface area contributed by atoms with Crippen LogP contribution in [0.4, 0.5) is 0 Å². The van der Waals surface area contributed by atoms with Crippen molar-refractivity contribution in [1.29, 1.82) is 0 Å². The first-order valence-corrected chi connectivity index (χ1v) is 15.5. The summed E-state index contributed by atoms with van der Waals surface area (Å²) in [5.74, 6) is 0. The first-order valence-electron chi connectivity index (χ1n) is 11.6. The lowest BCUT2D eigenvalue weighted by Gasteiger charge is -2.26. The SMILES string of the molecule is CO[Si](CCCN(CC=Cc1ccccc1)CCN)(OC)OC.CO[Si](CCCN)(OC)OC. The molecule has 1 aromatic rings. The fourth-order valence-electron chi connectivity index (χ4n) is 3.33. The molecule has 0 saturated carbocycles. The average Bonchev–Trinajstić information content (AvgIpc) is 2.89. The summed E-state index contributed by atoms with van der Waals surface area (Å²) in [6.45, 7) is 4.00. The summed E-state index contributed by atoms with van der Waals surface area (Å²) in [4.78, 5) is 2.33. The Labute approximate surface area is 209 Å². The van der Waals surface area contributed by atoms with E-state index in [1.165, 1.54) is 5.56 Å². The van der Waals surface area contributed by atoms with Gasteiger partial charge in [-0.15, -0.1) is 0 Å². The van der Waals surface area contributed by atoms with Crippen molar-refractivity contribution in [3.05, 3.63) is 42.0 Å². The number of hydrogen-bond acceptors (Lipinski definition) is 9. The highest BCUT2D eigenvalue weighted by Crippen LogP contribution is 2.15. The zero-order chi connectivity index (χ0) is 25.7. The van der Waals surface area contributed by atoms with Gasteiger partial charge in [0.2, 0.25) is 0 Å². The van der Waals surface area contributed by atoms with Crippen LogP contribution in [0.1, 0.15) is 18.4 Å². The Hall–Kier alpha value is -0.966. The second-order valence-electron chi connectivity index (χ2n) is 7.49. The predicted molar refractivity (Wildman–Crippen MR) is 142 cm³/mol. The molecule has 1 rings (SSSR count). The minimum Gasteiger partial charge on any atom is -0.377 e. The quantitative estimate of drug-likeness (QED) is 0.284. The van der Waals surface area contributed by atoms with Gasteiger partial charge in [-0.25, -0.2) is 0 Å². The molecule has 198 valence electrons. The van der Waals surface area contributed by atoms with Gasteiger partial charge in [0.05, 0.1) is 0 Å². The molecule has 9 nitrogen and oxygen atoms in total. The predicted octanol–water partition coefficient (Wildman–Crippen LogP) is 2.44. The van der Waals surface area contributed by atoms with Crippen LogP contribution in [0.25, 0.3) is 6.08 Å². The number of rotatable bonds is 18. The third-order valence-electron chi connectivity index (χ3n) is 5.43. The van der Waals surface area contributed by atoms with E-state index in [2.05, 4.69) is 29.2 Å². The maximum absolute atomic E-state index is 5.72. The van der Waals surface area contributed by atoms with E-state index in [0.29, 0.717) is 13.1 Å². The highest BCUT2D eigenvalue weighted by atomic mass is 28.4. The van der Waals surface area contributed by atoms with Crippen LogP contribution in [0.5, 0.6) is 0 Å². The van der Waals surface area contributed by atoms with Crippen LogP contribution in [0.3, 0.4) is 0 Å². The fraction of sp³-hybridized carbons (Fsp3) is 0.652. The van der Waals surface area contributed by atoms with Gasteiger partial charge in [0.1, 0.15) is 0 Å². The van der Waals surface area contributed by atoms with E-state index >= 15 is 0 Å². The number of benzene rings is 1. The van der Waals surface area contributed by atoms with E-state index in [1.54, 1.807) is 42.7 Å². The van der Waals surface area contributed by atoms with Crippen LogP contribution in [0.2, 0.25) is 12.1 Å². The Balaban J connectivity index is 0.000000833. The lowest BCUT2D eigenvalue weighted by Crippen LogP contribution is -2.43. The van der Waals surface area contributed by atoms with Crippen molar-refractivity contribution in [1.82, 2.24) is 4.90 Å². The molecule has 0 aliphatic heterocycles. The summed E-state index contributed by atoms with van der Waals surface area (Å²) >= 11 is 0. The zero-order valence-electron chi connectivity index (χ0n) is 22.0. The van der Waals surface area contributed by atoms with Crippen LogP contribution >= 0.6 is 0 Å². The van der Waals surface area contributed by atoms with Crippen LogP contribution in [-0.4, -0.2) is 97.9 Å². The minimum absolute atomic E-state index is 0.644. The van der Waals surface area contributed by atoms with Crippen molar-refractivity contribution in [2.45, 2.75) is 24.9 Å². The molecule has 0 aromatic heterocycles. The summed E-state index contributed by atoms with van der Waals surface area (Å²) in [7, 11) is 4.99. The topological polar surface area (TPSA) is 111 Å². The van der Waals surface area contributed by atoms with E-state index in [0.717, 1.165) is 44.6 Å². The van der Waals surface area contributed by atoms with Crippen molar-refractivity contribution in [2.75, 3.05) is 75.4 Å². The van der Waals surface area contributed by atoms with Gasteiger partial charge < -0.3 is 38.0 Å². The first kappa shape index (κ1) is 33.0. The molecular formula is C23H47N3O6Si2. The standard InChI is InChI=1S/C17H30N2O3Si.C6H17NO3Si/c1-20-23(21-2,22-3)16-8-14-19(15-12-18)13-7-11-17-9-5-4-6-10-17;1-8-11(9-2,10-3)6-4-5-7/h4-7,9-11H,8,12-16,18H2,1-3H3;4-7H2,1-3H3. The molecule has 0 aliphatic carbocycles. The van der Waals surface area contributed by atoms with Crippen LogP contribution in [0.15, 0.2) is 36.4 Å². The van der Waals surface area contributed by atoms with Crippen LogP contribution < -0.4 is 11.5 Å². The molecule has 0 spiro atoms. The van der Waals surface area contributed by atoms with Gasteiger partial charge in [-0.05, 0) is 31.5 Å². The van der Waals surface area contributed by atoms with E-state index < -0.39 is 17.6 Å². The van der Waals surface area contributed by atoms with Gasteiger partial charge in [-0.1, -0.05) is 42.5 Å². The summed E-state index contributed by atoms with van der Waals surface area (Å²) in [5, 5.41) is 0. The van der Waals surface area contributed by atoms with E-state index in [-0.39, 0.29) is 0 Å². The molecule has 4 N–H and O–H groups in total. The van der Waals surface area contributed by atoms with Gasteiger partial charge in [-0.3, -0.25) is 4.90 Å². The van der Waals surface area contributed by atoms with E-state index in [9.17, 15) is 0 Å². The molecule has 0 bridgehead atoms. The lowest BCUT2D eigenvalue weighted by atomic mass is 10.2. The lowest BCUT2D eigenvalue weighted by molar-refractivity contribution is 0.121. The normalized spacial score (nSPS) is 12.3. The molecule has 0 amide bonds. The molecule has 0 unspecified atom stereocenters. The molecular weight excluding hydrogens is 470 g/mol. The molecule has 34 heavy (non-hydrogen) atoms. The molecule has 0 radical (unpaired) electrons. The Bertz CT molecular complexity index is 603. The van der Waals surface area contributed by atoms with Crippen molar-refractivity contribution in [3.63, 3.8) is 0 Å². The van der Waals surface area contributed by atoms with Gasteiger partial charge in [0, 0.05) is 74.4 Å².